The van der Waals surface area contributed by atoms with Gasteiger partial charge < -0.3 is 9.84 Å². The molecule has 2 aromatic carbocycles. The number of amides is 4. The lowest BCUT2D eigenvalue weighted by Crippen LogP contribution is -2.49. The van der Waals surface area contributed by atoms with Crippen LogP contribution >= 0.6 is 0 Å². The number of nitrogens with zero attached hydrogens (tertiary/aromatic N) is 9. The maximum absolute atomic E-state index is 15.8. The zero-order chi connectivity index (χ0) is 41.6. The summed E-state index contributed by atoms with van der Waals surface area (Å²) in [6, 6.07) is 12.7. The van der Waals surface area contributed by atoms with E-state index in [1.165, 1.54) is 11.2 Å². The number of nitrogens with one attached hydrogen (secondary N) is 2. The van der Waals surface area contributed by atoms with Gasteiger partial charge in [0.05, 0.1) is 29.2 Å². The number of carbonyl (C=O) groups is 3. The molecule has 6 aromatic rings. The third-order valence-electron chi connectivity index (χ3n) is 11.2. The van der Waals surface area contributed by atoms with Crippen molar-refractivity contribution in [2.24, 2.45) is 7.05 Å². The standard InChI is InChI=1S/C42H47F2N11O4/c1-25-18-28(9-10-29(25)21-45-38(57)36-49-39(59-51-36)41(2,3)4)35-33-19-26(22-55(33)47-24-46-35)8-6-7-15-53-16-13-31(42(43,44)23-53)27-11-12-30-32(20-27)52(5)50-37(30)54-17-14-34(56)48-40(54)58/h9-12,18-20,22,24,31H,6-8,13-17,21,23H2,1-5H3,(H,45,57)(H,48,56,58). The van der Waals surface area contributed by atoms with Crippen molar-refractivity contribution in [3.63, 3.8) is 0 Å². The topological polar surface area (TPSA) is 169 Å². The number of anilines is 1. The number of benzene rings is 2. The van der Waals surface area contributed by atoms with Gasteiger partial charge in [0.1, 0.15) is 6.33 Å². The first-order valence-corrected chi connectivity index (χ1v) is 19.9. The smallest absolute Gasteiger partial charge is 0.329 e. The van der Waals surface area contributed by atoms with Crippen LogP contribution in [0.2, 0.25) is 0 Å². The van der Waals surface area contributed by atoms with Crippen molar-refractivity contribution in [1.82, 2.24) is 50.1 Å². The van der Waals surface area contributed by atoms with Crippen LogP contribution in [0.1, 0.15) is 91.1 Å². The summed E-state index contributed by atoms with van der Waals surface area (Å²) in [5, 5.41) is 18.6. The minimum absolute atomic E-state index is 0.000480. The summed E-state index contributed by atoms with van der Waals surface area (Å²) in [5.41, 5.74) is 6.42. The molecule has 2 N–H and O–H groups in total. The Bertz CT molecular complexity index is 2570. The van der Waals surface area contributed by atoms with Crippen LogP contribution in [0, 0.1) is 6.92 Å². The highest BCUT2D eigenvalue weighted by atomic mass is 19.3. The van der Waals surface area contributed by atoms with E-state index in [4.69, 9.17) is 4.52 Å². The molecule has 308 valence electrons. The monoisotopic (exact) mass is 807 g/mol. The minimum Gasteiger partial charge on any atom is -0.345 e. The highest BCUT2D eigenvalue weighted by Gasteiger charge is 2.45. The van der Waals surface area contributed by atoms with Crippen molar-refractivity contribution in [2.75, 3.05) is 31.1 Å². The maximum Gasteiger partial charge on any atom is 0.329 e. The van der Waals surface area contributed by atoms with E-state index < -0.39 is 23.8 Å². The van der Waals surface area contributed by atoms with Crippen LogP contribution < -0.4 is 15.5 Å². The first-order chi connectivity index (χ1) is 28.1. The molecule has 2 fully saturated rings. The van der Waals surface area contributed by atoms with Gasteiger partial charge in [0, 0.05) is 49.1 Å². The van der Waals surface area contributed by atoms with Crippen LogP contribution in [0.4, 0.5) is 19.4 Å². The predicted octanol–water partition coefficient (Wildman–Crippen LogP) is 6.10. The van der Waals surface area contributed by atoms with Crippen LogP contribution in [-0.2, 0) is 30.2 Å². The second-order valence-electron chi connectivity index (χ2n) is 16.6. The Morgan fingerprint density at radius 3 is 2.64 bits per heavy atom. The molecule has 2 aliphatic rings. The molecule has 59 heavy (non-hydrogen) atoms. The molecule has 6 heterocycles. The van der Waals surface area contributed by atoms with Gasteiger partial charge in [0.2, 0.25) is 11.8 Å². The van der Waals surface area contributed by atoms with E-state index in [1.807, 2.05) is 61.5 Å². The van der Waals surface area contributed by atoms with Crippen molar-refractivity contribution >= 4 is 40.1 Å². The molecule has 1 unspecified atom stereocenters. The van der Waals surface area contributed by atoms with Crippen molar-refractivity contribution in [3.05, 3.63) is 89.0 Å². The van der Waals surface area contributed by atoms with E-state index in [9.17, 15) is 14.4 Å². The number of rotatable bonds is 11. The summed E-state index contributed by atoms with van der Waals surface area (Å²) in [7, 11) is 1.72. The lowest BCUT2D eigenvalue weighted by atomic mass is 9.85. The average molecular weight is 808 g/mol. The molecule has 0 bridgehead atoms. The lowest BCUT2D eigenvalue weighted by Gasteiger charge is -2.38. The van der Waals surface area contributed by atoms with Crippen LogP contribution in [0.25, 0.3) is 27.7 Å². The molecule has 4 aromatic heterocycles. The van der Waals surface area contributed by atoms with Gasteiger partial charge in [-0.3, -0.25) is 29.4 Å². The fourth-order valence-electron chi connectivity index (χ4n) is 7.97. The highest BCUT2D eigenvalue weighted by Crippen LogP contribution is 2.42. The van der Waals surface area contributed by atoms with Crippen LogP contribution in [0.15, 0.2) is 59.5 Å². The Balaban J connectivity index is 0.849. The van der Waals surface area contributed by atoms with Crippen molar-refractivity contribution < 1.29 is 27.7 Å². The molecule has 0 radical (unpaired) electrons. The van der Waals surface area contributed by atoms with Crippen molar-refractivity contribution in [3.8, 4) is 11.3 Å². The largest absolute Gasteiger partial charge is 0.345 e. The third kappa shape index (κ3) is 8.15. The second-order valence-corrected chi connectivity index (χ2v) is 16.6. The number of halogens is 2. The van der Waals surface area contributed by atoms with E-state index in [2.05, 4.69) is 42.0 Å². The number of hydrogen-bond donors (Lipinski definition) is 2. The number of aromatic nitrogens is 7. The second kappa shape index (κ2) is 15.6. The molecule has 0 saturated carbocycles. The van der Waals surface area contributed by atoms with Crippen molar-refractivity contribution in [2.45, 2.75) is 83.6 Å². The fraction of sp³-hybridized carbons (Fsp3) is 0.429. The number of hydrogen-bond acceptors (Lipinski definition) is 10. The number of unbranched alkanes of at least 4 members (excludes halogenated alkanes) is 1. The molecule has 8 rings (SSSR count). The Morgan fingerprint density at radius 1 is 1.07 bits per heavy atom. The Kier molecular flexibility index (Phi) is 10.5. The fourth-order valence-corrected chi connectivity index (χ4v) is 7.97. The molecule has 4 amide bonds. The number of alkyl halides is 2. The molecule has 15 nitrogen and oxygen atoms in total. The maximum atomic E-state index is 15.8. The van der Waals surface area contributed by atoms with Crippen molar-refractivity contribution in [1.29, 1.82) is 0 Å². The summed E-state index contributed by atoms with van der Waals surface area (Å²) < 4.78 is 40.2. The lowest BCUT2D eigenvalue weighted by molar-refractivity contribution is -0.120. The summed E-state index contributed by atoms with van der Waals surface area (Å²) in [5.74, 6) is -3.81. The summed E-state index contributed by atoms with van der Waals surface area (Å²) >= 11 is 0. The predicted molar refractivity (Wildman–Crippen MR) is 215 cm³/mol. The molecule has 2 saturated heterocycles. The van der Waals surface area contributed by atoms with Crippen LogP contribution in [0.5, 0.6) is 0 Å². The number of fused-ring (bicyclic) bond motifs is 2. The number of imide groups is 1. The first-order valence-electron chi connectivity index (χ1n) is 19.9. The Morgan fingerprint density at radius 2 is 1.90 bits per heavy atom. The molecule has 0 aliphatic carbocycles. The minimum atomic E-state index is -2.92. The van der Waals surface area contributed by atoms with E-state index in [0.29, 0.717) is 54.2 Å². The quantitative estimate of drug-likeness (QED) is 0.146. The van der Waals surface area contributed by atoms with Crippen LogP contribution in [0.3, 0.4) is 0 Å². The van der Waals surface area contributed by atoms with Gasteiger partial charge in [-0.05, 0) is 92.2 Å². The van der Waals surface area contributed by atoms with Gasteiger partial charge in [-0.25, -0.2) is 23.1 Å². The zero-order valence-electron chi connectivity index (χ0n) is 33.8. The van der Waals surface area contributed by atoms with Gasteiger partial charge in [-0.1, -0.05) is 44.1 Å². The first kappa shape index (κ1) is 39.7. The molecule has 17 heteroatoms. The summed E-state index contributed by atoms with van der Waals surface area (Å²) in [6.07, 6.45) is 6.37. The molecule has 0 spiro atoms. The SMILES string of the molecule is Cc1cc(-c2ncnn3cc(CCCCN4CCC(c5ccc6c(N7CCC(=O)NC7=O)nn(C)c6c5)C(F)(F)C4)cc23)ccc1CNC(=O)c1noc(C(C)(C)C)n1. The number of piperidine rings is 1. The van der Waals surface area contributed by atoms with E-state index in [1.54, 1.807) is 29.9 Å². The summed E-state index contributed by atoms with van der Waals surface area (Å²) in [4.78, 5) is 48.9. The number of carbonyl (C=O) groups excluding carboxylic acids is 3. The number of urea groups is 1. The molecule has 1 atom stereocenters. The van der Waals surface area contributed by atoms with Gasteiger partial charge in [0.25, 0.3) is 17.7 Å². The van der Waals surface area contributed by atoms with Crippen LogP contribution in [-0.4, -0.2) is 89.4 Å². The number of likely N-dealkylation sites (tertiary alicyclic amines) is 1. The highest BCUT2D eigenvalue weighted by molar-refractivity contribution is 6.08. The summed E-state index contributed by atoms with van der Waals surface area (Å²) in [6.45, 7) is 9.12. The zero-order valence-corrected chi connectivity index (χ0v) is 33.8. The Labute approximate surface area is 339 Å². The third-order valence-corrected chi connectivity index (χ3v) is 11.2. The molecular weight excluding hydrogens is 761 g/mol. The average Bonchev–Trinajstić information content (AvgIpc) is 3.93. The van der Waals surface area contributed by atoms with Gasteiger partial charge in [0.15, 0.2) is 5.82 Å². The van der Waals surface area contributed by atoms with Gasteiger partial charge in [-0.15, -0.1) is 0 Å². The van der Waals surface area contributed by atoms with E-state index >= 15 is 8.78 Å². The van der Waals surface area contributed by atoms with E-state index in [-0.39, 0.29) is 36.7 Å². The molecule has 2 aliphatic heterocycles. The van der Waals surface area contributed by atoms with E-state index in [0.717, 1.165) is 52.7 Å². The Hall–Kier alpha value is -6.10. The van der Waals surface area contributed by atoms with Gasteiger partial charge in [-0.2, -0.15) is 15.2 Å². The normalized spacial score (nSPS) is 17.5. The number of aryl methyl sites for hydroxylation is 3. The molecular formula is C42H47F2N11O4. The van der Waals surface area contributed by atoms with Gasteiger partial charge >= 0.3 is 6.03 Å².